The van der Waals surface area contributed by atoms with E-state index in [9.17, 15) is 22.8 Å². The second-order valence-electron chi connectivity index (χ2n) is 8.75. The van der Waals surface area contributed by atoms with E-state index in [2.05, 4.69) is 10.3 Å². The van der Waals surface area contributed by atoms with E-state index in [0.29, 0.717) is 11.6 Å². The molecule has 188 valence electrons. The van der Waals surface area contributed by atoms with Crippen molar-refractivity contribution in [2.75, 3.05) is 5.32 Å². The summed E-state index contributed by atoms with van der Waals surface area (Å²) >= 11 is 1.11. The number of aryl methyl sites for hydroxylation is 1. The first-order valence-electron chi connectivity index (χ1n) is 11.5. The number of amides is 2. The number of halogens is 3. The van der Waals surface area contributed by atoms with Crippen molar-refractivity contribution < 1.29 is 22.8 Å². The van der Waals surface area contributed by atoms with Crippen LogP contribution in [0.5, 0.6) is 0 Å². The van der Waals surface area contributed by atoms with Crippen molar-refractivity contribution in [1.29, 1.82) is 0 Å². The van der Waals surface area contributed by atoms with E-state index in [1.165, 1.54) is 18.2 Å². The average Bonchev–Trinajstić information content (AvgIpc) is 3.46. The highest BCUT2D eigenvalue weighted by Gasteiger charge is 2.39. The number of amidine groups is 1. The first-order valence-corrected chi connectivity index (χ1v) is 12.4. The Bertz CT molecular complexity index is 1420. The average molecular weight is 523 g/mol. The van der Waals surface area contributed by atoms with Crippen LogP contribution in [0.25, 0.3) is 0 Å². The molecule has 2 aliphatic heterocycles. The number of hydrogen-bond donors (Lipinski definition) is 1. The van der Waals surface area contributed by atoms with Crippen molar-refractivity contribution in [1.82, 2.24) is 5.01 Å². The summed E-state index contributed by atoms with van der Waals surface area (Å²) in [4.78, 5) is 29.4. The number of aliphatic imine (C=N–C) groups is 1. The quantitative estimate of drug-likeness (QED) is 0.474. The van der Waals surface area contributed by atoms with Crippen LogP contribution in [-0.4, -0.2) is 33.0 Å². The highest BCUT2D eigenvalue weighted by atomic mass is 32.2. The van der Waals surface area contributed by atoms with Crippen LogP contribution in [0.3, 0.4) is 0 Å². The lowest BCUT2D eigenvalue weighted by molar-refractivity contribution is -0.121. The highest BCUT2D eigenvalue weighted by molar-refractivity contribution is 8.15. The molecule has 2 heterocycles. The third kappa shape index (κ3) is 5.43. The first kappa shape index (κ1) is 24.8. The minimum absolute atomic E-state index is 0.0868. The number of thioether (sulfide) groups is 1. The normalized spacial score (nSPS) is 19.1. The lowest BCUT2D eigenvalue weighted by Crippen LogP contribution is -2.25. The van der Waals surface area contributed by atoms with Crippen LogP contribution in [0.4, 0.5) is 18.9 Å². The summed E-state index contributed by atoms with van der Waals surface area (Å²) in [6.45, 7) is 1.99. The minimum atomic E-state index is -1.09. The lowest BCUT2D eigenvalue weighted by atomic mass is 9.98. The Morgan fingerprint density at radius 2 is 1.76 bits per heavy atom. The molecule has 10 heteroatoms. The number of nitrogens with zero attached hydrogens (tertiary/aromatic N) is 3. The number of nitrogens with one attached hydrogen (secondary N) is 1. The molecule has 0 unspecified atom stereocenters. The molecule has 0 saturated heterocycles. The van der Waals surface area contributed by atoms with Crippen LogP contribution >= 0.6 is 11.8 Å². The summed E-state index contributed by atoms with van der Waals surface area (Å²) in [6, 6.07) is 16.7. The van der Waals surface area contributed by atoms with E-state index in [-0.39, 0.29) is 24.0 Å². The predicted molar refractivity (Wildman–Crippen MR) is 137 cm³/mol. The number of hydrazone groups is 1. The van der Waals surface area contributed by atoms with Crippen LogP contribution in [0.1, 0.15) is 35.6 Å². The number of anilines is 1. The summed E-state index contributed by atoms with van der Waals surface area (Å²) in [5.74, 6) is -3.49. The summed E-state index contributed by atoms with van der Waals surface area (Å²) in [5, 5.41) is 8.43. The van der Waals surface area contributed by atoms with Gasteiger partial charge in [0, 0.05) is 24.6 Å². The van der Waals surface area contributed by atoms with Gasteiger partial charge in [0.1, 0.15) is 11.1 Å². The number of carbonyl (C=O) groups is 2. The molecule has 3 aromatic carbocycles. The molecule has 1 N–H and O–H groups in total. The number of benzene rings is 3. The number of carbonyl (C=O) groups excluding carboxylic acids is 2. The van der Waals surface area contributed by atoms with E-state index in [4.69, 9.17) is 5.10 Å². The number of rotatable bonds is 5. The summed E-state index contributed by atoms with van der Waals surface area (Å²) in [5.41, 5.74) is 3.73. The molecule has 0 aromatic heterocycles. The van der Waals surface area contributed by atoms with Gasteiger partial charge < -0.3 is 5.32 Å². The molecule has 6 nitrogen and oxygen atoms in total. The van der Waals surface area contributed by atoms with Crippen LogP contribution in [-0.2, 0) is 9.59 Å². The van der Waals surface area contributed by atoms with Crippen molar-refractivity contribution in [3.05, 3.63) is 101 Å². The molecule has 3 aromatic rings. The maximum Gasteiger partial charge on any atom is 0.262 e. The Morgan fingerprint density at radius 3 is 2.46 bits per heavy atom. The summed E-state index contributed by atoms with van der Waals surface area (Å²) in [7, 11) is 0. The van der Waals surface area contributed by atoms with Crippen LogP contribution in [0.15, 0.2) is 76.8 Å². The smallest absolute Gasteiger partial charge is 0.262 e. The fraction of sp³-hybridized carbons (Fsp3) is 0.185. The molecule has 5 rings (SSSR count). The van der Waals surface area contributed by atoms with Gasteiger partial charge in [0.15, 0.2) is 16.8 Å². The molecule has 0 spiro atoms. The SMILES string of the molecule is Cc1ccc(C2=NN(C3=NC(=O)[C@H](CC(=O)Nc4ccc(F)c(F)c4)S3)[C@@H](c3ccc(F)cc3)C2)cc1. The molecule has 0 aliphatic carbocycles. The summed E-state index contributed by atoms with van der Waals surface area (Å²) in [6.07, 6.45) is 0.308. The van der Waals surface area contributed by atoms with Crippen LogP contribution < -0.4 is 5.32 Å². The zero-order chi connectivity index (χ0) is 26.1. The fourth-order valence-electron chi connectivity index (χ4n) is 4.11. The maximum atomic E-state index is 13.6. The van der Waals surface area contributed by atoms with Gasteiger partial charge in [-0.25, -0.2) is 18.2 Å². The Hall–Kier alpha value is -3.92. The largest absolute Gasteiger partial charge is 0.326 e. The second-order valence-corrected chi connectivity index (χ2v) is 9.92. The van der Waals surface area contributed by atoms with Gasteiger partial charge in [-0.2, -0.15) is 10.1 Å². The van der Waals surface area contributed by atoms with Crippen LogP contribution in [0.2, 0.25) is 0 Å². The Kier molecular flexibility index (Phi) is 6.84. The van der Waals surface area contributed by atoms with E-state index in [1.54, 1.807) is 17.1 Å². The molecule has 2 aliphatic rings. The highest BCUT2D eigenvalue weighted by Crippen LogP contribution is 2.38. The fourth-order valence-corrected chi connectivity index (χ4v) is 5.17. The number of hydrogen-bond acceptors (Lipinski definition) is 5. The molecule has 0 fully saturated rings. The standard InChI is InChI=1S/C27H21F3N4O2S/c1-15-2-4-16(5-3-15)22-13-23(17-6-8-18(28)9-7-17)34(33-22)27-32-26(36)24(37-27)14-25(35)31-19-10-11-20(29)21(30)12-19/h2-12,23-24H,13-14H2,1H3,(H,31,35)/t23-,24+/m1/s1. The van der Waals surface area contributed by atoms with E-state index >= 15 is 0 Å². The Labute approximate surface area is 215 Å². The van der Waals surface area contributed by atoms with Gasteiger partial charge in [0.2, 0.25) is 5.91 Å². The monoisotopic (exact) mass is 522 g/mol. The van der Waals surface area contributed by atoms with Gasteiger partial charge in [-0.05, 0) is 42.3 Å². The zero-order valence-corrected chi connectivity index (χ0v) is 20.4. The first-order chi connectivity index (χ1) is 17.8. The molecule has 0 saturated carbocycles. The topological polar surface area (TPSA) is 74.1 Å². The predicted octanol–water partition coefficient (Wildman–Crippen LogP) is 5.59. The molecule has 2 amide bonds. The minimum Gasteiger partial charge on any atom is -0.326 e. The van der Waals surface area contributed by atoms with Gasteiger partial charge in [-0.3, -0.25) is 9.59 Å². The van der Waals surface area contributed by atoms with Crippen LogP contribution in [0, 0.1) is 24.4 Å². The van der Waals surface area contributed by atoms with Gasteiger partial charge in [0.25, 0.3) is 5.91 Å². The molecule has 37 heavy (non-hydrogen) atoms. The molecule has 2 atom stereocenters. The van der Waals surface area contributed by atoms with Crippen molar-refractivity contribution >= 4 is 40.1 Å². The third-order valence-corrected chi connectivity index (χ3v) is 7.19. The lowest BCUT2D eigenvalue weighted by Gasteiger charge is -2.23. The van der Waals surface area contributed by atoms with E-state index in [0.717, 1.165) is 46.3 Å². The van der Waals surface area contributed by atoms with Crippen molar-refractivity contribution in [3.8, 4) is 0 Å². The molecule has 0 bridgehead atoms. The van der Waals surface area contributed by atoms with E-state index < -0.39 is 28.7 Å². The summed E-state index contributed by atoms with van der Waals surface area (Å²) < 4.78 is 40.2. The van der Waals surface area contributed by atoms with Crippen molar-refractivity contribution in [2.45, 2.75) is 31.1 Å². The molecular formula is C27H21F3N4O2S. The van der Waals surface area contributed by atoms with Gasteiger partial charge in [-0.15, -0.1) is 0 Å². The molecule has 0 radical (unpaired) electrons. The van der Waals surface area contributed by atoms with E-state index in [1.807, 2.05) is 31.2 Å². The third-order valence-electron chi connectivity index (χ3n) is 6.05. The van der Waals surface area contributed by atoms with Crippen molar-refractivity contribution in [3.63, 3.8) is 0 Å². The molecular weight excluding hydrogens is 501 g/mol. The zero-order valence-electron chi connectivity index (χ0n) is 19.6. The van der Waals surface area contributed by atoms with Gasteiger partial charge >= 0.3 is 0 Å². The maximum absolute atomic E-state index is 13.6. The van der Waals surface area contributed by atoms with Gasteiger partial charge in [0.05, 0.1) is 11.8 Å². The van der Waals surface area contributed by atoms with Crippen molar-refractivity contribution in [2.24, 2.45) is 10.1 Å². The Balaban J connectivity index is 1.34. The van der Waals surface area contributed by atoms with Gasteiger partial charge in [-0.1, -0.05) is 53.7 Å². The second kappa shape index (κ2) is 10.2. The Morgan fingerprint density at radius 1 is 1.03 bits per heavy atom.